The van der Waals surface area contributed by atoms with Crippen molar-refractivity contribution in [3.63, 3.8) is 0 Å². The minimum absolute atomic E-state index is 0.0292. The van der Waals surface area contributed by atoms with Crippen LogP contribution in [0.25, 0.3) is 11.5 Å². The molecule has 1 N–H and O–H groups in total. The van der Waals surface area contributed by atoms with Crippen LogP contribution in [0.3, 0.4) is 0 Å². The van der Waals surface area contributed by atoms with E-state index in [1.807, 2.05) is 29.1 Å². The summed E-state index contributed by atoms with van der Waals surface area (Å²) in [6, 6.07) is 9.76. The highest BCUT2D eigenvalue weighted by Crippen LogP contribution is 2.24. The van der Waals surface area contributed by atoms with Crippen molar-refractivity contribution in [2.45, 2.75) is 32.1 Å². The zero-order valence-electron chi connectivity index (χ0n) is 20.5. The van der Waals surface area contributed by atoms with Gasteiger partial charge in [0.25, 0.3) is 5.91 Å². The fourth-order valence-electron chi connectivity index (χ4n) is 5.20. The molecule has 1 atom stereocenters. The summed E-state index contributed by atoms with van der Waals surface area (Å²) in [6.45, 7) is 5.01. The topological polar surface area (TPSA) is 75.4 Å². The van der Waals surface area contributed by atoms with Crippen molar-refractivity contribution in [2.24, 2.45) is 5.92 Å². The van der Waals surface area contributed by atoms with Crippen molar-refractivity contribution in [3.05, 3.63) is 66.4 Å². The second kappa shape index (κ2) is 11.1. The Morgan fingerprint density at radius 3 is 2.53 bits per heavy atom. The predicted molar refractivity (Wildman–Crippen MR) is 135 cm³/mol. The number of hydrogen-bond acceptors (Lipinski definition) is 4. The van der Waals surface area contributed by atoms with Gasteiger partial charge in [-0.15, -0.1) is 0 Å². The zero-order chi connectivity index (χ0) is 24.9. The average molecular weight is 493 g/mol. The Morgan fingerprint density at radius 1 is 1.03 bits per heavy atom. The lowest BCUT2D eigenvalue weighted by Crippen LogP contribution is -2.46. The number of nitrogens with one attached hydrogen (secondary N) is 1. The summed E-state index contributed by atoms with van der Waals surface area (Å²) in [7, 11) is 0. The Labute approximate surface area is 210 Å². The molecule has 0 aliphatic carbocycles. The number of hydrogen-bond donors (Lipinski definition) is 1. The Morgan fingerprint density at radius 2 is 1.78 bits per heavy atom. The van der Waals surface area contributed by atoms with Crippen molar-refractivity contribution in [3.8, 4) is 11.5 Å². The van der Waals surface area contributed by atoms with Crippen molar-refractivity contribution < 1.29 is 14.0 Å². The summed E-state index contributed by atoms with van der Waals surface area (Å²) in [5.41, 5.74) is 1.10. The third-order valence-corrected chi connectivity index (χ3v) is 7.12. The van der Waals surface area contributed by atoms with Crippen molar-refractivity contribution in [1.29, 1.82) is 0 Å². The average Bonchev–Trinajstić information content (AvgIpc) is 3.68. The number of rotatable bonds is 8. The number of piperidine rings is 1. The largest absolute Gasteiger partial charge is 0.356 e. The SMILES string of the molecule is O=C(NCCCN1CCCC1)C1CCCN(C(=O)c2cnn(-c3ccc(F)cc3)c2-n2cccc2)C1. The number of likely N-dealkylation sites (tertiary alicyclic amines) is 2. The Hall–Kier alpha value is -3.46. The summed E-state index contributed by atoms with van der Waals surface area (Å²) < 4.78 is 17.0. The highest BCUT2D eigenvalue weighted by molar-refractivity contribution is 5.97. The number of halogens is 1. The number of benzene rings is 1. The van der Waals surface area contributed by atoms with Crippen LogP contribution in [0.1, 0.15) is 42.5 Å². The van der Waals surface area contributed by atoms with Crippen LogP contribution in [-0.2, 0) is 4.79 Å². The number of carbonyl (C=O) groups excluding carboxylic acids is 2. The molecule has 2 aromatic heterocycles. The molecule has 0 bridgehead atoms. The van der Waals surface area contributed by atoms with Crippen molar-refractivity contribution >= 4 is 11.8 Å². The molecule has 9 heteroatoms. The number of amides is 2. The quantitative estimate of drug-likeness (QED) is 0.490. The first-order valence-electron chi connectivity index (χ1n) is 12.9. The standard InChI is InChI=1S/C27H33FN6O2/c28-22-8-10-23(11-9-22)34-26(32-16-3-4-17-32)24(19-30-34)27(36)33-18-5-7-21(20-33)25(35)29-12-6-15-31-13-1-2-14-31/h3-4,8-11,16-17,19,21H,1-2,5-7,12-15,18,20H2,(H,29,35). The van der Waals surface area contributed by atoms with Gasteiger partial charge >= 0.3 is 0 Å². The van der Waals surface area contributed by atoms with E-state index in [2.05, 4.69) is 15.3 Å². The van der Waals surface area contributed by atoms with Crippen LogP contribution >= 0.6 is 0 Å². The molecule has 36 heavy (non-hydrogen) atoms. The van der Waals surface area contributed by atoms with Gasteiger partial charge in [-0.1, -0.05) is 0 Å². The monoisotopic (exact) mass is 492 g/mol. The molecule has 0 spiro atoms. The maximum atomic E-state index is 13.7. The summed E-state index contributed by atoms with van der Waals surface area (Å²) >= 11 is 0. The molecule has 8 nitrogen and oxygen atoms in total. The Balaban J connectivity index is 1.27. The first-order valence-corrected chi connectivity index (χ1v) is 12.9. The fourth-order valence-corrected chi connectivity index (χ4v) is 5.20. The molecule has 2 saturated heterocycles. The highest BCUT2D eigenvalue weighted by atomic mass is 19.1. The summed E-state index contributed by atoms with van der Waals surface area (Å²) in [5, 5.41) is 7.55. The van der Waals surface area contributed by atoms with E-state index < -0.39 is 0 Å². The van der Waals surface area contributed by atoms with Gasteiger partial charge < -0.3 is 19.7 Å². The Kier molecular flexibility index (Phi) is 7.46. The summed E-state index contributed by atoms with van der Waals surface area (Å²) in [6.07, 6.45) is 10.3. The van der Waals surface area contributed by atoms with Gasteiger partial charge in [-0.05, 0) is 88.1 Å². The van der Waals surface area contributed by atoms with Crippen LogP contribution < -0.4 is 5.32 Å². The third-order valence-electron chi connectivity index (χ3n) is 7.12. The molecule has 190 valence electrons. The van der Waals surface area contributed by atoms with Crippen LogP contribution in [0.5, 0.6) is 0 Å². The van der Waals surface area contributed by atoms with Crippen molar-refractivity contribution in [1.82, 2.24) is 29.5 Å². The summed E-state index contributed by atoms with van der Waals surface area (Å²) in [4.78, 5) is 30.7. The van der Waals surface area contributed by atoms with Gasteiger partial charge in [0.2, 0.25) is 5.91 Å². The summed E-state index contributed by atoms with van der Waals surface area (Å²) in [5.74, 6) is -0.0830. The van der Waals surface area contributed by atoms with Gasteiger partial charge in [0, 0.05) is 32.0 Å². The molecule has 0 radical (unpaired) electrons. The van der Waals surface area contributed by atoms with E-state index in [0.717, 1.165) is 38.9 Å². The normalized spacial score (nSPS) is 18.5. The molecule has 2 aliphatic rings. The molecule has 1 unspecified atom stereocenters. The molecule has 4 heterocycles. The molecule has 2 aliphatic heterocycles. The van der Waals surface area contributed by atoms with Crippen LogP contribution in [0, 0.1) is 11.7 Å². The van der Waals surface area contributed by atoms with E-state index in [1.165, 1.54) is 25.0 Å². The van der Waals surface area contributed by atoms with Gasteiger partial charge in [0.05, 0.1) is 17.8 Å². The molecule has 0 saturated carbocycles. The van der Waals surface area contributed by atoms with Crippen LogP contribution in [0.4, 0.5) is 4.39 Å². The molecule has 2 fully saturated rings. The third kappa shape index (κ3) is 5.36. The molecule has 3 aromatic rings. The molecule has 1 aromatic carbocycles. The van der Waals surface area contributed by atoms with Gasteiger partial charge in [-0.3, -0.25) is 9.59 Å². The van der Waals surface area contributed by atoms with Gasteiger partial charge in [-0.2, -0.15) is 5.10 Å². The van der Waals surface area contributed by atoms with E-state index in [0.29, 0.717) is 36.7 Å². The van der Waals surface area contributed by atoms with Gasteiger partial charge in [-0.25, -0.2) is 9.07 Å². The van der Waals surface area contributed by atoms with Gasteiger partial charge in [0.15, 0.2) is 5.82 Å². The number of carbonyl (C=O) groups is 2. The lowest BCUT2D eigenvalue weighted by atomic mass is 9.96. The van der Waals surface area contributed by atoms with Gasteiger partial charge in [0.1, 0.15) is 11.4 Å². The van der Waals surface area contributed by atoms with E-state index in [1.54, 1.807) is 27.9 Å². The lowest BCUT2D eigenvalue weighted by Gasteiger charge is -2.32. The lowest BCUT2D eigenvalue weighted by molar-refractivity contribution is -0.126. The first kappa shape index (κ1) is 24.2. The van der Waals surface area contributed by atoms with Crippen LogP contribution in [0.15, 0.2) is 55.0 Å². The molecular formula is C27H33FN6O2. The second-order valence-electron chi connectivity index (χ2n) is 9.64. The molecular weight excluding hydrogens is 459 g/mol. The zero-order valence-corrected chi connectivity index (χ0v) is 20.5. The van der Waals surface area contributed by atoms with E-state index >= 15 is 0 Å². The van der Waals surface area contributed by atoms with Crippen LogP contribution in [0.2, 0.25) is 0 Å². The van der Waals surface area contributed by atoms with Crippen LogP contribution in [-0.4, -0.2) is 75.2 Å². The van der Waals surface area contributed by atoms with E-state index in [-0.39, 0.29) is 23.5 Å². The minimum Gasteiger partial charge on any atom is -0.356 e. The highest BCUT2D eigenvalue weighted by Gasteiger charge is 2.31. The number of nitrogens with zero attached hydrogens (tertiary/aromatic N) is 5. The maximum absolute atomic E-state index is 13.7. The van der Waals surface area contributed by atoms with E-state index in [4.69, 9.17) is 0 Å². The van der Waals surface area contributed by atoms with Crippen molar-refractivity contribution in [2.75, 3.05) is 39.3 Å². The second-order valence-corrected chi connectivity index (χ2v) is 9.64. The number of aromatic nitrogens is 3. The fraction of sp³-hybridized carbons (Fsp3) is 0.444. The minimum atomic E-state index is -0.335. The molecule has 2 amide bonds. The maximum Gasteiger partial charge on any atom is 0.259 e. The molecule has 5 rings (SSSR count). The predicted octanol–water partition coefficient (Wildman–Crippen LogP) is 3.26. The van der Waals surface area contributed by atoms with E-state index in [9.17, 15) is 14.0 Å². The smallest absolute Gasteiger partial charge is 0.259 e. The first-order chi connectivity index (χ1) is 17.6. The Bertz CT molecular complexity index is 1170.